The number of benzene rings is 2. The van der Waals surface area contributed by atoms with Crippen LogP contribution in [0.15, 0.2) is 59.6 Å². The first-order chi connectivity index (χ1) is 12.3. The van der Waals surface area contributed by atoms with Gasteiger partial charge in [-0.25, -0.2) is 0 Å². The van der Waals surface area contributed by atoms with Crippen molar-refractivity contribution in [2.75, 3.05) is 6.61 Å². The van der Waals surface area contributed by atoms with Crippen LogP contribution >= 0.6 is 15.9 Å². The minimum absolute atomic E-state index is 0.0624. The van der Waals surface area contributed by atoms with E-state index in [0.717, 1.165) is 23.3 Å². The van der Waals surface area contributed by atoms with Crippen LogP contribution in [-0.4, -0.2) is 6.61 Å². The summed E-state index contributed by atoms with van der Waals surface area (Å²) in [5.74, 6) is 0. The van der Waals surface area contributed by atoms with Gasteiger partial charge in [-0.05, 0) is 34.9 Å². The summed E-state index contributed by atoms with van der Waals surface area (Å²) in [7, 11) is 0. The minimum Gasteiger partial charge on any atom is -0.373 e. The molecule has 2 aromatic rings. The molecule has 0 aliphatic carbocycles. The van der Waals surface area contributed by atoms with Gasteiger partial charge in [0.25, 0.3) is 0 Å². The molecule has 26 heavy (non-hydrogen) atoms. The average molecular weight is 427 g/mol. The Kier molecular flexibility index (Phi) is 5.55. The Bertz CT molecular complexity index is 804. The van der Waals surface area contributed by atoms with E-state index in [1.165, 1.54) is 0 Å². The van der Waals surface area contributed by atoms with Crippen LogP contribution in [0.2, 0.25) is 0 Å². The van der Waals surface area contributed by atoms with E-state index in [-0.39, 0.29) is 13.2 Å². The van der Waals surface area contributed by atoms with Gasteiger partial charge in [-0.1, -0.05) is 46.3 Å². The molecule has 138 valence electrons. The Morgan fingerprint density at radius 3 is 2.73 bits per heavy atom. The lowest BCUT2D eigenvalue weighted by Crippen LogP contribution is -2.30. The maximum absolute atomic E-state index is 12.9. The van der Waals surface area contributed by atoms with Crippen LogP contribution in [-0.2, 0) is 34.5 Å². The van der Waals surface area contributed by atoms with Gasteiger partial charge >= 0.3 is 6.18 Å². The summed E-state index contributed by atoms with van der Waals surface area (Å²) in [4.78, 5) is 0. The summed E-state index contributed by atoms with van der Waals surface area (Å²) >= 11 is 3.13. The first kappa shape index (κ1) is 19.1. The molecule has 0 fully saturated rings. The molecular formula is C20H18BrF3O2. The molecule has 2 nitrogen and oxygen atoms in total. The van der Waals surface area contributed by atoms with Crippen molar-refractivity contribution >= 4 is 15.9 Å². The summed E-state index contributed by atoms with van der Waals surface area (Å²) in [6.07, 6.45) is -2.06. The molecule has 1 atom stereocenters. The smallest absolute Gasteiger partial charge is 0.373 e. The van der Waals surface area contributed by atoms with E-state index in [0.29, 0.717) is 23.1 Å². The molecule has 0 spiro atoms. The molecule has 1 aliphatic heterocycles. The zero-order chi connectivity index (χ0) is 18.8. The fraction of sp³-hybridized carbons (Fsp3) is 0.300. The lowest BCUT2D eigenvalue weighted by Gasteiger charge is -2.28. The van der Waals surface area contributed by atoms with Gasteiger partial charge in [0, 0.05) is 10.9 Å². The number of alkyl halides is 3. The highest BCUT2D eigenvalue weighted by Crippen LogP contribution is 2.40. The quantitative estimate of drug-likeness (QED) is 0.528. The SMILES string of the molecule is C=CCC1(COCc2cc(Br)cc(C(F)(F)F)c2)OCc2ccccc21. The number of fused-ring (bicyclic) bond motifs is 1. The molecular weight excluding hydrogens is 409 g/mol. The summed E-state index contributed by atoms with van der Waals surface area (Å²) in [6.45, 7) is 4.58. The maximum Gasteiger partial charge on any atom is 0.416 e. The number of ether oxygens (including phenoxy) is 2. The minimum atomic E-state index is -4.39. The van der Waals surface area contributed by atoms with Gasteiger partial charge in [0.2, 0.25) is 0 Å². The molecule has 0 saturated carbocycles. The van der Waals surface area contributed by atoms with Gasteiger partial charge in [-0.15, -0.1) is 6.58 Å². The molecule has 0 bridgehead atoms. The van der Waals surface area contributed by atoms with Crippen LogP contribution in [0.5, 0.6) is 0 Å². The van der Waals surface area contributed by atoms with Gasteiger partial charge < -0.3 is 9.47 Å². The highest BCUT2D eigenvalue weighted by Gasteiger charge is 2.39. The number of rotatable bonds is 6. The van der Waals surface area contributed by atoms with Crippen molar-refractivity contribution in [3.05, 3.63) is 81.8 Å². The van der Waals surface area contributed by atoms with Gasteiger partial charge in [0.15, 0.2) is 0 Å². The van der Waals surface area contributed by atoms with Crippen LogP contribution in [0.4, 0.5) is 13.2 Å². The predicted molar refractivity (Wildman–Crippen MR) is 96.5 cm³/mol. The largest absolute Gasteiger partial charge is 0.416 e. The predicted octanol–water partition coefficient (Wildman–Crippen LogP) is 5.99. The average Bonchev–Trinajstić information content (AvgIpc) is 2.93. The van der Waals surface area contributed by atoms with E-state index in [9.17, 15) is 13.2 Å². The Labute approximate surface area is 158 Å². The Morgan fingerprint density at radius 1 is 1.23 bits per heavy atom. The zero-order valence-electron chi connectivity index (χ0n) is 14.0. The maximum atomic E-state index is 12.9. The fourth-order valence-electron chi connectivity index (χ4n) is 3.20. The highest BCUT2D eigenvalue weighted by atomic mass is 79.9. The van der Waals surface area contributed by atoms with E-state index < -0.39 is 17.3 Å². The van der Waals surface area contributed by atoms with Crippen molar-refractivity contribution in [2.45, 2.75) is 31.4 Å². The molecule has 1 heterocycles. The summed E-state index contributed by atoms with van der Waals surface area (Å²) in [6, 6.07) is 11.7. The number of halogens is 4. The van der Waals surface area contributed by atoms with Crippen molar-refractivity contribution in [1.82, 2.24) is 0 Å². The lowest BCUT2D eigenvalue weighted by atomic mass is 9.90. The van der Waals surface area contributed by atoms with Crippen molar-refractivity contribution in [2.24, 2.45) is 0 Å². The molecule has 1 unspecified atom stereocenters. The van der Waals surface area contributed by atoms with Crippen LogP contribution < -0.4 is 0 Å². The first-order valence-corrected chi connectivity index (χ1v) is 8.91. The topological polar surface area (TPSA) is 18.5 Å². The standard InChI is InChI=1S/C20H18BrF3O2/c1-2-7-19(18-6-4-3-5-15(18)12-26-19)13-25-11-14-8-16(20(22,23)24)10-17(21)9-14/h2-6,8-10H,1,7,11-13H2. The van der Waals surface area contributed by atoms with Crippen molar-refractivity contribution in [3.63, 3.8) is 0 Å². The van der Waals surface area contributed by atoms with Crippen molar-refractivity contribution in [3.8, 4) is 0 Å². The van der Waals surface area contributed by atoms with Gasteiger partial charge in [-0.3, -0.25) is 0 Å². The molecule has 0 amide bonds. The van der Waals surface area contributed by atoms with Crippen molar-refractivity contribution < 1.29 is 22.6 Å². The molecule has 0 radical (unpaired) electrons. The van der Waals surface area contributed by atoms with E-state index in [2.05, 4.69) is 22.5 Å². The van der Waals surface area contributed by atoms with Gasteiger partial charge in [0.05, 0.1) is 25.4 Å². The molecule has 1 aliphatic rings. The number of hydrogen-bond acceptors (Lipinski definition) is 2. The molecule has 0 N–H and O–H groups in total. The van der Waals surface area contributed by atoms with E-state index >= 15 is 0 Å². The first-order valence-electron chi connectivity index (χ1n) is 8.12. The van der Waals surface area contributed by atoms with E-state index in [1.807, 2.05) is 24.3 Å². The highest BCUT2D eigenvalue weighted by molar-refractivity contribution is 9.10. The van der Waals surface area contributed by atoms with Crippen LogP contribution in [0.25, 0.3) is 0 Å². The Morgan fingerprint density at radius 2 is 2.00 bits per heavy atom. The summed E-state index contributed by atoms with van der Waals surface area (Å²) in [5, 5.41) is 0. The van der Waals surface area contributed by atoms with E-state index in [4.69, 9.17) is 9.47 Å². The molecule has 3 rings (SSSR count). The molecule has 6 heteroatoms. The zero-order valence-corrected chi connectivity index (χ0v) is 15.6. The van der Waals surface area contributed by atoms with Crippen LogP contribution in [0, 0.1) is 0 Å². The Balaban J connectivity index is 1.75. The van der Waals surface area contributed by atoms with Crippen LogP contribution in [0.3, 0.4) is 0 Å². The normalized spacial score (nSPS) is 19.4. The number of hydrogen-bond donors (Lipinski definition) is 0. The third-order valence-corrected chi connectivity index (χ3v) is 4.83. The second kappa shape index (κ2) is 7.55. The molecule has 0 saturated heterocycles. The van der Waals surface area contributed by atoms with Gasteiger partial charge in [0.1, 0.15) is 5.60 Å². The fourth-order valence-corrected chi connectivity index (χ4v) is 3.74. The molecule has 2 aromatic carbocycles. The Hall–Kier alpha value is -1.63. The van der Waals surface area contributed by atoms with Crippen molar-refractivity contribution in [1.29, 1.82) is 0 Å². The third kappa shape index (κ3) is 4.03. The second-order valence-electron chi connectivity index (χ2n) is 6.27. The van der Waals surface area contributed by atoms with E-state index in [1.54, 1.807) is 12.1 Å². The monoisotopic (exact) mass is 426 g/mol. The summed E-state index contributed by atoms with van der Waals surface area (Å²) < 4.78 is 51.0. The molecule has 0 aromatic heterocycles. The van der Waals surface area contributed by atoms with Crippen LogP contribution in [0.1, 0.15) is 28.7 Å². The third-order valence-electron chi connectivity index (χ3n) is 4.38. The summed E-state index contributed by atoms with van der Waals surface area (Å²) in [5.41, 5.74) is 1.25. The second-order valence-corrected chi connectivity index (χ2v) is 7.19. The van der Waals surface area contributed by atoms with Gasteiger partial charge in [-0.2, -0.15) is 13.2 Å². The lowest BCUT2D eigenvalue weighted by molar-refractivity contribution is -0.137.